The van der Waals surface area contributed by atoms with Gasteiger partial charge in [0.15, 0.2) is 0 Å². The lowest BCUT2D eigenvalue weighted by molar-refractivity contribution is -0.125. The van der Waals surface area contributed by atoms with E-state index >= 15 is 0 Å². The zero-order valence-electron chi connectivity index (χ0n) is 15.5. The lowest BCUT2D eigenvalue weighted by atomic mass is 10.0. The number of anilines is 1. The van der Waals surface area contributed by atoms with Gasteiger partial charge in [0, 0.05) is 29.9 Å². The summed E-state index contributed by atoms with van der Waals surface area (Å²) in [6.45, 7) is 4.31. The second-order valence-corrected chi connectivity index (χ2v) is 7.73. The van der Waals surface area contributed by atoms with Gasteiger partial charge in [-0.15, -0.1) is 10.2 Å². The van der Waals surface area contributed by atoms with Gasteiger partial charge in [-0.25, -0.2) is 0 Å². The summed E-state index contributed by atoms with van der Waals surface area (Å²) in [6.07, 6.45) is 3.09. The van der Waals surface area contributed by atoms with Crippen LogP contribution in [-0.4, -0.2) is 32.9 Å². The first-order valence-corrected chi connectivity index (χ1v) is 9.79. The Morgan fingerprint density at radius 2 is 2.00 bits per heavy atom. The summed E-state index contributed by atoms with van der Waals surface area (Å²) in [5.74, 6) is 0.184. The van der Waals surface area contributed by atoms with Gasteiger partial charge in [-0.3, -0.25) is 15.1 Å². The molecule has 1 N–H and O–H groups in total. The molecule has 0 radical (unpaired) electrons. The van der Waals surface area contributed by atoms with E-state index in [0.717, 1.165) is 16.1 Å². The van der Waals surface area contributed by atoms with Gasteiger partial charge in [0.25, 0.3) is 5.91 Å². The zero-order valence-corrected chi connectivity index (χ0v) is 16.3. The van der Waals surface area contributed by atoms with E-state index in [0.29, 0.717) is 23.2 Å². The van der Waals surface area contributed by atoms with Crippen LogP contribution >= 0.6 is 11.3 Å². The third-order valence-electron chi connectivity index (χ3n) is 4.44. The number of carbonyl (C=O) groups is 1. The number of pyridine rings is 1. The average Bonchev–Trinajstić information content (AvgIpc) is 3.39. The van der Waals surface area contributed by atoms with E-state index < -0.39 is 6.10 Å². The maximum Gasteiger partial charge on any atom is 0.270 e. The zero-order chi connectivity index (χ0) is 19.5. The maximum atomic E-state index is 12.5. The first kappa shape index (κ1) is 18.2. The number of carbonyl (C=O) groups excluding carboxylic acids is 1. The van der Waals surface area contributed by atoms with Gasteiger partial charge in [-0.1, -0.05) is 54.6 Å². The highest BCUT2D eigenvalue weighted by molar-refractivity contribution is 7.18. The molecule has 1 amide bonds. The van der Waals surface area contributed by atoms with E-state index in [9.17, 15) is 4.79 Å². The van der Waals surface area contributed by atoms with Crippen LogP contribution in [0.4, 0.5) is 5.13 Å². The fourth-order valence-corrected chi connectivity index (χ4v) is 3.56. The van der Waals surface area contributed by atoms with Crippen molar-refractivity contribution in [3.05, 3.63) is 59.9 Å². The van der Waals surface area contributed by atoms with E-state index in [1.807, 2.05) is 24.3 Å². The number of aromatic nitrogens is 3. The summed E-state index contributed by atoms with van der Waals surface area (Å²) in [5, 5.41) is 16.2. The molecule has 7 nitrogen and oxygen atoms in total. The van der Waals surface area contributed by atoms with Crippen LogP contribution in [0.5, 0.6) is 0 Å². The molecule has 0 aliphatic carbocycles. The van der Waals surface area contributed by atoms with Crippen molar-refractivity contribution in [1.82, 2.24) is 15.2 Å². The van der Waals surface area contributed by atoms with Gasteiger partial charge in [0.05, 0.1) is 5.71 Å². The number of oxime groups is 1. The first-order chi connectivity index (χ1) is 13.6. The van der Waals surface area contributed by atoms with Crippen molar-refractivity contribution in [3.8, 4) is 10.6 Å². The van der Waals surface area contributed by atoms with Crippen molar-refractivity contribution in [2.24, 2.45) is 5.16 Å². The van der Waals surface area contributed by atoms with Crippen molar-refractivity contribution in [2.45, 2.75) is 32.3 Å². The van der Waals surface area contributed by atoms with Crippen LogP contribution < -0.4 is 5.32 Å². The number of nitrogens with zero attached hydrogens (tertiary/aromatic N) is 4. The lowest BCUT2D eigenvalue weighted by Gasteiger charge is -2.06. The van der Waals surface area contributed by atoms with Crippen molar-refractivity contribution >= 4 is 28.1 Å². The molecule has 0 fully saturated rings. The van der Waals surface area contributed by atoms with Crippen LogP contribution in [0.1, 0.15) is 37.3 Å². The van der Waals surface area contributed by atoms with Crippen molar-refractivity contribution in [1.29, 1.82) is 0 Å². The molecule has 28 heavy (non-hydrogen) atoms. The number of benzene rings is 1. The highest BCUT2D eigenvalue weighted by Gasteiger charge is 2.29. The average molecular weight is 393 g/mol. The quantitative estimate of drug-likeness (QED) is 0.711. The normalized spacial score (nSPS) is 16.0. The van der Waals surface area contributed by atoms with Crippen molar-refractivity contribution in [2.75, 3.05) is 5.32 Å². The molecule has 0 bridgehead atoms. The predicted molar refractivity (Wildman–Crippen MR) is 108 cm³/mol. The lowest BCUT2D eigenvalue weighted by Crippen LogP contribution is -2.28. The summed E-state index contributed by atoms with van der Waals surface area (Å²) >= 11 is 1.33. The maximum absolute atomic E-state index is 12.5. The molecular formula is C20H19N5O2S. The largest absolute Gasteiger partial charge is 0.382 e. The minimum Gasteiger partial charge on any atom is -0.382 e. The van der Waals surface area contributed by atoms with Crippen molar-refractivity contribution in [3.63, 3.8) is 0 Å². The highest BCUT2D eigenvalue weighted by Crippen LogP contribution is 2.28. The van der Waals surface area contributed by atoms with E-state index in [4.69, 9.17) is 4.84 Å². The third kappa shape index (κ3) is 3.91. The Morgan fingerprint density at radius 1 is 1.18 bits per heavy atom. The van der Waals surface area contributed by atoms with Gasteiger partial charge in [0.1, 0.15) is 5.01 Å². The fourth-order valence-electron chi connectivity index (χ4n) is 2.81. The first-order valence-electron chi connectivity index (χ1n) is 8.98. The van der Waals surface area contributed by atoms with Crippen LogP contribution in [0, 0.1) is 0 Å². The van der Waals surface area contributed by atoms with Crippen LogP contribution in [0.25, 0.3) is 10.6 Å². The van der Waals surface area contributed by atoms with Gasteiger partial charge in [-0.05, 0) is 23.6 Å². The molecule has 1 aromatic carbocycles. The molecule has 0 spiro atoms. The minimum atomic E-state index is -0.687. The minimum absolute atomic E-state index is 0.291. The van der Waals surface area contributed by atoms with Crippen LogP contribution in [0.3, 0.4) is 0 Å². The van der Waals surface area contributed by atoms with Gasteiger partial charge in [0.2, 0.25) is 11.2 Å². The Morgan fingerprint density at radius 3 is 2.71 bits per heavy atom. The smallest absolute Gasteiger partial charge is 0.270 e. The second kappa shape index (κ2) is 7.85. The summed E-state index contributed by atoms with van der Waals surface area (Å²) in [5.41, 5.74) is 3.79. The Hall–Kier alpha value is -3.13. The molecule has 4 rings (SSSR count). The summed E-state index contributed by atoms with van der Waals surface area (Å²) in [6, 6.07) is 11.9. The monoisotopic (exact) mass is 393 g/mol. The Labute approximate surface area is 166 Å². The molecule has 1 aliphatic heterocycles. The molecular weight excluding hydrogens is 374 g/mol. The van der Waals surface area contributed by atoms with Crippen LogP contribution in [-0.2, 0) is 9.63 Å². The predicted octanol–water partition coefficient (Wildman–Crippen LogP) is 3.86. The number of hydrogen-bond acceptors (Lipinski definition) is 7. The summed E-state index contributed by atoms with van der Waals surface area (Å²) in [4.78, 5) is 21.8. The van der Waals surface area contributed by atoms with Crippen LogP contribution in [0.2, 0.25) is 0 Å². The van der Waals surface area contributed by atoms with E-state index in [-0.39, 0.29) is 5.91 Å². The third-order valence-corrected chi connectivity index (χ3v) is 5.32. The van der Waals surface area contributed by atoms with Gasteiger partial charge in [-0.2, -0.15) is 0 Å². The fraction of sp³-hybridized carbons (Fsp3) is 0.250. The van der Waals surface area contributed by atoms with Crippen LogP contribution in [0.15, 0.2) is 53.9 Å². The molecule has 142 valence electrons. The van der Waals surface area contributed by atoms with E-state index in [1.165, 1.54) is 16.9 Å². The molecule has 8 heteroatoms. The molecule has 3 aromatic rings. The Balaban J connectivity index is 1.38. The number of nitrogens with one attached hydrogen (secondary N) is 1. The molecule has 1 aliphatic rings. The van der Waals surface area contributed by atoms with Crippen molar-refractivity contribution < 1.29 is 9.63 Å². The molecule has 3 heterocycles. The Bertz CT molecular complexity index is 999. The van der Waals surface area contributed by atoms with Gasteiger partial charge >= 0.3 is 0 Å². The standard InChI is InChI=1S/C20H19N5O2S/c1-12(2)13-5-7-14(8-6-13)19-23-24-20(28-19)22-18(26)17-10-16(25-27-17)15-4-3-9-21-11-15/h3-9,11-12,17H,10H2,1-2H3,(H,22,24,26). The highest BCUT2D eigenvalue weighted by atomic mass is 32.1. The molecule has 2 aromatic heterocycles. The Kier molecular flexibility index (Phi) is 5.12. The SMILES string of the molecule is CC(C)c1ccc(-c2nnc(NC(=O)C3CC(c4cccnc4)=NO3)s2)cc1. The molecule has 1 atom stereocenters. The van der Waals surface area contributed by atoms with E-state index in [1.54, 1.807) is 12.4 Å². The summed E-state index contributed by atoms with van der Waals surface area (Å²) < 4.78 is 0. The van der Waals surface area contributed by atoms with Gasteiger partial charge < -0.3 is 4.84 Å². The molecule has 0 saturated carbocycles. The summed E-state index contributed by atoms with van der Waals surface area (Å²) in [7, 11) is 0. The number of amides is 1. The molecule has 0 saturated heterocycles. The number of hydrogen-bond donors (Lipinski definition) is 1. The number of rotatable bonds is 5. The topological polar surface area (TPSA) is 89.4 Å². The molecule has 1 unspecified atom stereocenters. The van der Waals surface area contributed by atoms with E-state index in [2.05, 4.69) is 51.6 Å². The second-order valence-electron chi connectivity index (χ2n) is 6.76.